The normalized spacial score (nSPS) is 13.4. The lowest BCUT2D eigenvalue weighted by Gasteiger charge is -2.27. The average Bonchev–Trinajstić information content (AvgIpc) is 3.48. The van der Waals surface area contributed by atoms with Crippen molar-refractivity contribution in [2.24, 2.45) is 0 Å². The van der Waals surface area contributed by atoms with Crippen LogP contribution >= 0.6 is 0 Å². The van der Waals surface area contributed by atoms with Crippen LogP contribution in [0.1, 0.15) is 5.48 Å². The lowest BCUT2D eigenvalue weighted by atomic mass is 10.0. The molecular formula is C42H29N3. The Balaban J connectivity index is 1.35. The molecule has 0 unspecified atom stereocenters. The smallest absolute Gasteiger partial charge is 0.0645 e. The van der Waals surface area contributed by atoms with Crippen molar-refractivity contribution in [3.63, 3.8) is 0 Å². The molecule has 0 spiro atoms. The van der Waals surface area contributed by atoms with E-state index in [1.807, 2.05) is 47.0 Å². The Labute approximate surface area is 267 Å². The van der Waals surface area contributed by atoms with Crippen molar-refractivity contribution < 1.29 is 5.48 Å². The van der Waals surface area contributed by atoms with Gasteiger partial charge in [-0.3, -0.25) is 0 Å². The van der Waals surface area contributed by atoms with Crippen molar-refractivity contribution in [2.45, 2.75) is 0 Å². The van der Waals surface area contributed by atoms with E-state index in [0.29, 0.717) is 10.9 Å². The largest absolute Gasteiger partial charge is 0.355 e. The zero-order chi connectivity index (χ0) is 33.2. The van der Waals surface area contributed by atoms with Gasteiger partial charge >= 0.3 is 0 Å². The number of fused-ring (bicyclic) bond motifs is 13. The number of para-hydroxylation sites is 2. The predicted octanol–water partition coefficient (Wildman–Crippen LogP) is 11.6. The summed E-state index contributed by atoms with van der Waals surface area (Å²) in [6.07, 6.45) is 0. The highest BCUT2D eigenvalue weighted by atomic mass is 15.1. The van der Waals surface area contributed by atoms with Gasteiger partial charge in [0, 0.05) is 44.9 Å². The molecule has 0 saturated carbocycles. The second-order valence-electron chi connectivity index (χ2n) is 11.3. The van der Waals surface area contributed by atoms with Gasteiger partial charge in [0.25, 0.3) is 0 Å². The van der Waals surface area contributed by atoms with Gasteiger partial charge in [-0.2, -0.15) is 0 Å². The van der Waals surface area contributed by atoms with E-state index >= 15 is 0 Å². The molecule has 0 atom stereocenters. The maximum absolute atomic E-state index is 8.96. The molecule has 0 fully saturated rings. The highest BCUT2D eigenvalue weighted by molar-refractivity contribution is 6.10. The standard InChI is InChI=1S/C42H29N3/c1-2-16-35(17-3-1)45-41-21-5-4-20-39(41)40-23-22-38(28-42(40)45)44-36-18-8-12-31(26-36)29-10-6-14-33(24-29)43-34-15-7-11-30(25-34)32-13-9-19-37(44)27-32/h1-28,43H/i4D,5D,20D,21D. The van der Waals surface area contributed by atoms with Gasteiger partial charge in [0.2, 0.25) is 0 Å². The highest BCUT2D eigenvalue weighted by Crippen LogP contribution is 2.42. The molecule has 212 valence electrons. The van der Waals surface area contributed by atoms with E-state index in [1.54, 1.807) is 0 Å². The number of nitrogens with one attached hydrogen (secondary N) is 1. The Kier molecular flexibility index (Phi) is 4.94. The zero-order valence-electron chi connectivity index (χ0n) is 28.3. The number of rotatable bonds is 2. The fourth-order valence-corrected chi connectivity index (χ4v) is 6.51. The quantitative estimate of drug-likeness (QED) is 0.220. The molecule has 3 heteroatoms. The first-order chi connectivity index (χ1) is 23.9. The summed E-state index contributed by atoms with van der Waals surface area (Å²) in [6, 6.07) is 49.3. The summed E-state index contributed by atoms with van der Waals surface area (Å²) in [4.78, 5) is 2.24. The van der Waals surface area contributed by atoms with Crippen LogP contribution in [0.3, 0.4) is 0 Å². The van der Waals surface area contributed by atoms with E-state index in [0.717, 1.165) is 67.3 Å². The second-order valence-corrected chi connectivity index (χ2v) is 11.3. The Hall–Kier alpha value is -6.06. The van der Waals surface area contributed by atoms with Crippen molar-refractivity contribution in [3.8, 4) is 27.9 Å². The molecule has 1 aliphatic rings. The fraction of sp³-hybridized carbons (Fsp3) is 0. The molecule has 8 bridgehead atoms. The van der Waals surface area contributed by atoms with Gasteiger partial charge in [0.15, 0.2) is 0 Å². The van der Waals surface area contributed by atoms with Crippen LogP contribution in [0.15, 0.2) is 170 Å². The monoisotopic (exact) mass is 579 g/mol. The Bertz CT molecular complexity index is 2500. The third kappa shape index (κ3) is 4.37. The van der Waals surface area contributed by atoms with Crippen molar-refractivity contribution in [1.82, 2.24) is 4.57 Å². The summed E-state index contributed by atoms with van der Waals surface area (Å²) >= 11 is 0. The second kappa shape index (κ2) is 10.3. The van der Waals surface area contributed by atoms with Crippen molar-refractivity contribution in [1.29, 1.82) is 0 Å². The molecule has 45 heavy (non-hydrogen) atoms. The van der Waals surface area contributed by atoms with Crippen LogP contribution in [0, 0.1) is 0 Å². The van der Waals surface area contributed by atoms with Crippen LogP contribution in [0.2, 0.25) is 0 Å². The molecule has 0 aliphatic carbocycles. The van der Waals surface area contributed by atoms with E-state index in [-0.39, 0.29) is 24.2 Å². The van der Waals surface area contributed by atoms with Gasteiger partial charge in [0.05, 0.1) is 16.5 Å². The van der Waals surface area contributed by atoms with Crippen LogP contribution in [0.4, 0.5) is 28.4 Å². The minimum absolute atomic E-state index is 0.0407. The summed E-state index contributed by atoms with van der Waals surface area (Å²) in [6.45, 7) is 0. The number of anilines is 5. The van der Waals surface area contributed by atoms with Gasteiger partial charge < -0.3 is 14.8 Å². The SMILES string of the molecule is [2H]c1c([2H])c([2H])c2c(c1[2H])c1ccc(N3c4cccc(c4)-c4cccc(c4)Nc4cccc(c4)-c4cccc3c4)cc1n2-c1ccccc1. The lowest BCUT2D eigenvalue weighted by Crippen LogP contribution is -2.10. The Morgan fingerprint density at radius 2 is 0.978 bits per heavy atom. The zero-order valence-corrected chi connectivity index (χ0v) is 24.3. The molecule has 3 nitrogen and oxygen atoms in total. The number of benzene rings is 7. The molecule has 1 N–H and O–H groups in total. The van der Waals surface area contributed by atoms with E-state index in [4.69, 9.17) is 5.48 Å². The minimum atomic E-state index is -0.246. The summed E-state index contributed by atoms with van der Waals surface area (Å²) in [5, 5.41) is 4.86. The highest BCUT2D eigenvalue weighted by Gasteiger charge is 2.19. The van der Waals surface area contributed by atoms with E-state index in [1.165, 1.54) is 0 Å². The minimum Gasteiger partial charge on any atom is -0.355 e. The van der Waals surface area contributed by atoms with Crippen LogP contribution in [-0.2, 0) is 0 Å². The van der Waals surface area contributed by atoms with Crippen LogP contribution in [0.25, 0.3) is 49.7 Å². The number of hydrogen-bond donors (Lipinski definition) is 1. The number of aromatic nitrogens is 1. The van der Waals surface area contributed by atoms with E-state index in [2.05, 4.69) is 113 Å². The maximum atomic E-state index is 8.96. The lowest BCUT2D eigenvalue weighted by molar-refractivity contribution is 1.18. The molecule has 9 rings (SSSR count). The topological polar surface area (TPSA) is 20.2 Å². The first-order valence-corrected chi connectivity index (χ1v) is 15.0. The third-order valence-electron chi connectivity index (χ3n) is 8.54. The molecule has 1 aliphatic heterocycles. The average molecular weight is 580 g/mol. The maximum Gasteiger partial charge on any atom is 0.0645 e. The van der Waals surface area contributed by atoms with Crippen LogP contribution in [-0.4, -0.2) is 4.57 Å². The molecule has 8 aromatic rings. The van der Waals surface area contributed by atoms with E-state index in [9.17, 15) is 0 Å². The fourth-order valence-electron chi connectivity index (χ4n) is 6.51. The first-order valence-electron chi connectivity index (χ1n) is 17.0. The van der Waals surface area contributed by atoms with E-state index < -0.39 is 0 Å². The van der Waals surface area contributed by atoms with Crippen molar-refractivity contribution in [3.05, 3.63) is 170 Å². The molecule has 1 aromatic heterocycles. The van der Waals surface area contributed by atoms with Gasteiger partial charge in [0.1, 0.15) is 0 Å². The van der Waals surface area contributed by atoms with Crippen LogP contribution < -0.4 is 10.2 Å². The molecule has 0 amide bonds. The van der Waals surface area contributed by atoms with Crippen molar-refractivity contribution in [2.75, 3.05) is 10.2 Å². The molecule has 7 aromatic carbocycles. The number of nitrogens with zero attached hydrogens (tertiary/aromatic N) is 2. The van der Waals surface area contributed by atoms with Gasteiger partial charge in [-0.05, 0) is 101 Å². The van der Waals surface area contributed by atoms with Gasteiger partial charge in [-0.15, -0.1) is 0 Å². The number of hydrogen-bond acceptors (Lipinski definition) is 2. The van der Waals surface area contributed by atoms with Gasteiger partial charge in [-0.25, -0.2) is 0 Å². The Morgan fingerprint density at radius 3 is 1.64 bits per heavy atom. The summed E-state index contributed by atoms with van der Waals surface area (Å²) in [5.74, 6) is 0. The first kappa shape index (κ1) is 21.6. The summed E-state index contributed by atoms with van der Waals surface area (Å²) in [5.41, 5.74) is 11.3. The summed E-state index contributed by atoms with van der Waals surface area (Å²) < 4.78 is 36.8. The molecular weight excluding hydrogens is 546 g/mol. The Morgan fingerprint density at radius 1 is 0.422 bits per heavy atom. The van der Waals surface area contributed by atoms with Crippen molar-refractivity contribution >= 4 is 50.2 Å². The molecule has 2 heterocycles. The van der Waals surface area contributed by atoms with Gasteiger partial charge in [-0.1, -0.05) is 90.9 Å². The molecule has 0 radical (unpaired) electrons. The summed E-state index contributed by atoms with van der Waals surface area (Å²) in [7, 11) is 0. The third-order valence-corrected chi connectivity index (χ3v) is 8.54. The molecule has 0 saturated heterocycles. The van der Waals surface area contributed by atoms with Crippen LogP contribution in [0.5, 0.6) is 0 Å². The predicted molar refractivity (Wildman–Crippen MR) is 190 cm³/mol.